The molecule has 1 aromatic carbocycles. The molecule has 12 heavy (non-hydrogen) atoms. The summed E-state index contributed by atoms with van der Waals surface area (Å²) in [7, 11) is 0. The van der Waals surface area contributed by atoms with Crippen LogP contribution in [0.15, 0.2) is 42.5 Å². The van der Waals surface area contributed by atoms with Gasteiger partial charge in [-0.2, -0.15) is 0 Å². The van der Waals surface area contributed by atoms with Gasteiger partial charge in [-0.1, -0.05) is 42.5 Å². The lowest BCUT2D eigenvalue weighted by Crippen LogP contribution is -2.00. The SMILES string of the molecule is O[C@@H]1C=C[C@H](c2ccccc2)C1. The van der Waals surface area contributed by atoms with E-state index >= 15 is 0 Å². The van der Waals surface area contributed by atoms with Gasteiger partial charge in [0.2, 0.25) is 0 Å². The highest BCUT2D eigenvalue weighted by Gasteiger charge is 2.17. The molecule has 62 valence electrons. The zero-order chi connectivity index (χ0) is 8.39. The maximum atomic E-state index is 9.27. The summed E-state index contributed by atoms with van der Waals surface area (Å²) in [5.41, 5.74) is 1.30. The number of aliphatic hydroxyl groups excluding tert-OH is 1. The number of rotatable bonds is 1. The summed E-state index contributed by atoms with van der Waals surface area (Å²) < 4.78 is 0. The molecule has 0 aliphatic heterocycles. The van der Waals surface area contributed by atoms with Gasteiger partial charge in [-0.3, -0.25) is 0 Å². The summed E-state index contributed by atoms with van der Waals surface area (Å²) in [6.07, 6.45) is 4.55. The van der Waals surface area contributed by atoms with E-state index in [0.717, 1.165) is 6.42 Å². The molecule has 0 saturated carbocycles. The van der Waals surface area contributed by atoms with E-state index in [0.29, 0.717) is 5.92 Å². The van der Waals surface area contributed by atoms with Crippen molar-refractivity contribution in [1.82, 2.24) is 0 Å². The van der Waals surface area contributed by atoms with Gasteiger partial charge in [0.15, 0.2) is 0 Å². The lowest BCUT2D eigenvalue weighted by molar-refractivity contribution is 0.218. The minimum atomic E-state index is -0.241. The highest BCUT2D eigenvalue weighted by atomic mass is 16.3. The molecule has 0 saturated heterocycles. The van der Waals surface area contributed by atoms with Crippen LogP contribution in [0.25, 0.3) is 0 Å². The highest BCUT2D eigenvalue weighted by Crippen LogP contribution is 2.27. The average Bonchev–Trinajstić information content (AvgIpc) is 2.54. The van der Waals surface area contributed by atoms with Crippen molar-refractivity contribution < 1.29 is 5.11 Å². The smallest absolute Gasteiger partial charge is 0.0729 e. The van der Waals surface area contributed by atoms with E-state index < -0.39 is 0 Å². The van der Waals surface area contributed by atoms with E-state index in [4.69, 9.17) is 0 Å². The Hall–Kier alpha value is -1.08. The van der Waals surface area contributed by atoms with Gasteiger partial charge < -0.3 is 5.11 Å². The number of hydrogen-bond donors (Lipinski definition) is 1. The van der Waals surface area contributed by atoms with Crippen molar-refractivity contribution in [2.75, 3.05) is 0 Å². The highest BCUT2D eigenvalue weighted by molar-refractivity contribution is 5.27. The molecule has 1 aliphatic carbocycles. The van der Waals surface area contributed by atoms with Crippen LogP contribution in [0.4, 0.5) is 0 Å². The van der Waals surface area contributed by atoms with Crippen molar-refractivity contribution in [3.8, 4) is 0 Å². The van der Waals surface area contributed by atoms with Crippen LogP contribution in [0.1, 0.15) is 17.9 Å². The summed E-state index contributed by atoms with van der Waals surface area (Å²) in [6.45, 7) is 0. The first kappa shape index (κ1) is 7.56. The third kappa shape index (κ3) is 1.41. The summed E-state index contributed by atoms with van der Waals surface area (Å²) in [5, 5.41) is 9.27. The second-order valence-electron chi connectivity index (χ2n) is 3.21. The topological polar surface area (TPSA) is 20.2 Å². The summed E-state index contributed by atoms with van der Waals surface area (Å²) >= 11 is 0. The lowest BCUT2D eigenvalue weighted by Gasteiger charge is -2.07. The maximum absolute atomic E-state index is 9.27. The lowest BCUT2D eigenvalue weighted by atomic mass is 9.99. The molecule has 0 heterocycles. The molecule has 0 aromatic heterocycles. The van der Waals surface area contributed by atoms with E-state index in [9.17, 15) is 5.11 Å². The van der Waals surface area contributed by atoms with Gasteiger partial charge in [-0.25, -0.2) is 0 Å². The van der Waals surface area contributed by atoms with Crippen molar-refractivity contribution in [1.29, 1.82) is 0 Å². The monoisotopic (exact) mass is 160 g/mol. The number of hydrogen-bond acceptors (Lipinski definition) is 1. The Morgan fingerprint density at radius 1 is 1.08 bits per heavy atom. The second kappa shape index (κ2) is 3.11. The summed E-state index contributed by atoms with van der Waals surface area (Å²) in [5.74, 6) is 0.418. The van der Waals surface area contributed by atoms with Crippen LogP contribution >= 0.6 is 0 Å². The van der Waals surface area contributed by atoms with E-state index in [1.54, 1.807) is 0 Å². The molecular weight excluding hydrogens is 148 g/mol. The Labute approximate surface area is 72.4 Å². The molecule has 0 spiro atoms. The molecule has 0 radical (unpaired) electrons. The zero-order valence-corrected chi connectivity index (χ0v) is 6.85. The minimum Gasteiger partial charge on any atom is -0.389 e. The molecule has 2 rings (SSSR count). The van der Waals surface area contributed by atoms with Gasteiger partial charge >= 0.3 is 0 Å². The van der Waals surface area contributed by atoms with Crippen molar-refractivity contribution in [3.63, 3.8) is 0 Å². The van der Waals surface area contributed by atoms with Gasteiger partial charge in [0.05, 0.1) is 6.10 Å². The zero-order valence-electron chi connectivity index (χ0n) is 6.85. The van der Waals surface area contributed by atoms with Crippen LogP contribution in [0, 0.1) is 0 Å². The molecule has 1 aliphatic rings. The van der Waals surface area contributed by atoms with Crippen LogP contribution in [-0.4, -0.2) is 11.2 Å². The molecule has 2 atom stereocenters. The van der Waals surface area contributed by atoms with E-state index in [1.165, 1.54) is 5.56 Å². The summed E-state index contributed by atoms with van der Waals surface area (Å²) in [4.78, 5) is 0. The Morgan fingerprint density at radius 2 is 1.83 bits per heavy atom. The van der Waals surface area contributed by atoms with E-state index in [-0.39, 0.29) is 6.10 Å². The third-order valence-corrected chi connectivity index (χ3v) is 2.29. The fraction of sp³-hybridized carbons (Fsp3) is 0.273. The first-order valence-electron chi connectivity index (χ1n) is 4.27. The molecule has 1 nitrogen and oxygen atoms in total. The number of aliphatic hydroxyl groups is 1. The largest absolute Gasteiger partial charge is 0.389 e. The molecule has 1 heteroatoms. The standard InChI is InChI=1S/C11H12O/c12-11-7-6-10(8-11)9-4-2-1-3-5-9/h1-7,10-12H,8H2/t10-,11+/m0/s1. The van der Waals surface area contributed by atoms with E-state index in [1.807, 2.05) is 24.3 Å². The molecule has 0 fully saturated rings. The molecular formula is C11H12O. The van der Waals surface area contributed by atoms with Crippen molar-refractivity contribution in [3.05, 3.63) is 48.0 Å². The third-order valence-electron chi connectivity index (χ3n) is 2.29. The molecule has 0 amide bonds. The minimum absolute atomic E-state index is 0.241. The molecule has 0 unspecified atom stereocenters. The second-order valence-corrected chi connectivity index (χ2v) is 3.21. The van der Waals surface area contributed by atoms with Gasteiger partial charge in [-0.15, -0.1) is 0 Å². The van der Waals surface area contributed by atoms with Crippen LogP contribution in [-0.2, 0) is 0 Å². The Balaban J connectivity index is 2.18. The summed E-state index contributed by atoms with van der Waals surface area (Å²) in [6, 6.07) is 10.3. The quantitative estimate of drug-likeness (QED) is 0.624. The fourth-order valence-corrected chi connectivity index (χ4v) is 1.63. The normalized spacial score (nSPS) is 27.8. The van der Waals surface area contributed by atoms with Crippen LogP contribution in [0.5, 0.6) is 0 Å². The number of allylic oxidation sites excluding steroid dienone is 1. The molecule has 1 aromatic rings. The van der Waals surface area contributed by atoms with Gasteiger partial charge in [0.1, 0.15) is 0 Å². The fourth-order valence-electron chi connectivity index (χ4n) is 1.63. The Morgan fingerprint density at radius 3 is 2.42 bits per heavy atom. The average molecular weight is 160 g/mol. The molecule has 0 bridgehead atoms. The number of benzene rings is 1. The van der Waals surface area contributed by atoms with Crippen molar-refractivity contribution in [2.24, 2.45) is 0 Å². The predicted molar refractivity (Wildman–Crippen MR) is 48.9 cm³/mol. The van der Waals surface area contributed by atoms with Crippen LogP contribution < -0.4 is 0 Å². The Kier molecular flexibility index (Phi) is 1.96. The van der Waals surface area contributed by atoms with Crippen molar-refractivity contribution in [2.45, 2.75) is 18.4 Å². The predicted octanol–water partition coefficient (Wildman–Crippen LogP) is 2.09. The van der Waals surface area contributed by atoms with Crippen LogP contribution in [0.3, 0.4) is 0 Å². The first-order chi connectivity index (χ1) is 5.86. The van der Waals surface area contributed by atoms with Gasteiger partial charge in [0.25, 0.3) is 0 Å². The maximum Gasteiger partial charge on any atom is 0.0729 e. The Bertz CT molecular complexity index is 276. The van der Waals surface area contributed by atoms with Gasteiger partial charge in [-0.05, 0) is 12.0 Å². The van der Waals surface area contributed by atoms with Crippen molar-refractivity contribution >= 4 is 0 Å². The first-order valence-corrected chi connectivity index (χ1v) is 4.27. The van der Waals surface area contributed by atoms with E-state index in [2.05, 4.69) is 18.2 Å². The van der Waals surface area contributed by atoms with Crippen LogP contribution in [0.2, 0.25) is 0 Å². The van der Waals surface area contributed by atoms with Gasteiger partial charge in [0, 0.05) is 5.92 Å². The molecule has 1 N–H and O–H groups in total.